The number of rotatable bonds is 3. The molecule has 0 bridgehead atoms. The van der Waals surface area contributed by atoms with E-state index in [1.807, 2.05) is 36.1 Å². The van der Waals surface area contributed by atoms with Gasteiger partial charge in [0.15, 0.2) is 0 Å². The van der Waals surface area contributed by atoms with Crippen LogP contribution in [0.25, 0.3) is 10.6 Å². The molecule has 0 N–H and O–H groups in total. The Labute approximate surface area is 167 Å². The van der Waals surface area contributed by atoms with Crippen LogP contribution < -0.4 is 0 Å². The van der Waals surface area contributed by atoms with Crippen molar-refractivity contribution < 1.29 is 14.3 Å². The molecule has 1 aromatic carbocycles. The number of aromatic nitrogens is 1. The molecule has 1 aliphatic heterocycles. The van der Waals surface area contributed by atoms with E-state index in [2.05, 4.69) is 4.98 Å². The number of hydrogen-bond donors (Lipinski definition) is 0. The summed E-state index contributed by atoms with van der Waals surface area (Å²) in [5, 5.41) is 1.42. The minimum Gasteiger partial charge on any atom is -0.377 e. The molecule has 1 amide bonds. The second-order valence-electron chi connectivity index (χ2n) is 7.05. The zero-order valence-electron chi connectivity index (χ0n) is 15.1. The van der Waals surface area contributed by atoms with E-state index < -0.39 is 0 Å². The topological polar surface area (TPSA) is 59.5 Å². The molecule has 4 rings (SSSR count). The smallest absolute Gasteiger partial charge is 0.266 e. The molecule has 1 aromatic heterocycles. The molecule has 0 unspecified atom stereocenters. The molecule has 1 saturated carbocycles. The number of halogens is 1. The number of carbonyl (C=O) groups excluding carboxylic acids is 2. The molecule has 0 spiro atoms. The molecule has 1 aliphatic carbocycles. The third-order valence-electron chi connectivity index (χ3n) is 5.31. The fraction of sp³-hybridized carbons (Fsp3) is 0.450. The zero-order valence-corrected chi connectivity index (χ0v) is 16.7. The maximum absolute atomic E-state index is 13.3. The van der Waals surface area contributed by atoms with Gasteiger partial charge in [-0.25, -0.2) is 4.98 Å². The van der Waals surface area contributed by atoms with Crippen molar-refractivity contribution in [2.75, 3.05) is 19.8 Å². The lowest BCUT2D eigenvalue weighted by molar-refractivity contribution is -0.124. The van der Waals surface area contributed by atoms with E-state index in [1.165, 1.54) is 11.3 Å². The number of carbonyl (C=O) groups is 2. The van der Waals surface area contributed by atoms with Gasteiger partial charge in [-0.05, 0) is 31.9 Å². The van der Waals surface area contributed by atoms with Crippen LogP contribution in [0.3, 0.4) is 0 Å². The van der Waals surface area contributed by atoms with Gasteiger partial charge in [-0.1, -0.05) is 23.7 Å². The summed E-state index contributed by atoms with van der Waals surface area (Å²) in [6.07, 6.45) is 2.36. The highest BCUT2D eigenvalue weighted by Gasteiger charge is 2.40. The molecule has 7 heteroatoms. The van der Waals surface area contributed by atoms with E-state index in [0.29, 0.717) is 41.8 Å². The van der Waals surface area contributed by atoms with Gasteiger partial charge in [0, 0.05) is 29.5 Å². The summed E-state index contributed by atoms with van der Waals surface area (Å²) in [6.45, 7) is 3.30. The Morgan fingerprint density at radius 2 is 2.26 bits per heavy atom. The van der Waals surface area contributed by atoms with Gasteiger partial charge >= 0.3 is 0 Å². The Kier molecular flexibility index (Phi) is 5.30. The van der Waals surface area contributed by atoms with E-state index in [4.69, 9.17) is 16.3 Å². The van der Waals surface area contributed by atoms with Gasteiger partial charge < -0.3 is 9.64 Å². The van der Waals surface area contributed by atoms with E-state index in [-0.39, 0.29) is 23.7 Å². The predicted octanol–water partition coefficient (Wildman–Crippen LogP) is 3.98. The highest BCUT2D eigenvalue weighted by Crippen LogP contribution is 2.33. The average molecular weight is 405 g/mol. The van der Waals surface area contributed by atoms with E-state index in [0.717, 1.165) is 23.4 Å². The third-order valence-corrected chi connectivity index (χ3v) is 6.73. The minimum absolute atomic E-state index is 0.0497. The maximum atomic E-state index is 13.3. The number of morpholine rings is 1. The van der Waals surface area contributed by atoms with Crippen LogP contribution in [-0.4, -0.2) is 47.4 Å². The van der Waals surface area contributed by atoms with Crippen molar-refractivity contribution in [3.8, 4) is 10.6 Å². The summed E-state index contributed by atoms with van der Waals surface area (Å²) in [4.78, 5) is 32.6. The molecule has 1 saturated heterocycles. The number of ether oxygens (including phenoxy) is 1. The van der Waals surface area contributed by atoms with Crippen molar-refractivity contribution in [3.05, 3.63) is 39.9 Å². The fourth-order valence-electron chi connectivity index (χ4n) is 3.93. The average Bonchev–Trinajstić information content (AvgIpc) is 3.27. The molecular formula is C20H21ClN2O3S. The second-order valence-corrected chi connectivity index (χ2v) is 8.49. The number of amides is 1. The van der Waals surface area contributed by atoms with Crippen LogP contribution in [0.5, 0.6) is 0 Å². The van der Waals surface area contributed by atoms with Gasteiger partial charge in [0.25, 0.3) is 5.91 Å². The van der Waals surface area contributed by atoms with Crippen molar-refractivity contribution in [1.29, 1.82) is 0 Å². The molecule has 2 atom stereocenters. The summed E-state index contributed by atoms with van der Waals surface area (Å²) < 4.78 is 5.60. The Balaban J connectivity index is 1.62. The van der Waals surface area contributed by atoms with Gasteiger partial charge in [0.2, 0.25) is 0 Å². The molecule has 2 heterocycles. The molecule has 27 heavy (non-hydrogen) atoms. The number of nitrogens with zero attached hydrogens (tertiary/aromatic N) is 2. The Morgan fingerprint density at radius 1 is 1.41 bits per heavy atom. The predicted molar refractivity (Wildman–Crippen MR) is 105 cm³/mol. The van der Waals surface area contributed by atoms with Crippen LogP contribution in [0.2, 0.25) is 5.02 Å². The lowest BCUT2D eigenvalue weighted by Crippen LogP contribution is -2.53. The van der Waals surface area contributed by atoms with Crippen LogP contribution in [0.15, 0.2) is 24.3 Å². The Hall–Kier alpha value is -1.76. The Morgan fingerprint density at radius 3 is 3.00 bits per heavy atom. The first-order valence-corrected chi connectivity index (χ1v) is 10.4. The summed E-state index contributed by atoms with van der Waals surface area (Å²) in [5.74, 6) is 0.102. The fourth-order valence-corrected chi connectivity index (χ4v) is 5.14. The maximum Gasteiger partial charge on any atom is 0.266 e. The molecule has 0 radical (unpaired) electrons. The van der Waals surface area contributed by atoms with Crippen LogP contribution in [0.4, 0.5) is 0 Å². The zero-order chi connectivity index (χ0) is 19.0. The SMILES string of the molecule is Cc1nc(-c2cccc(Cl)c2)sc1C(=O)N1CCOC[C@H]1[C@H]1CCCC1=O. The van der Waals surface area contributed by atoms with Gasteiger partial charge in [0.05, 0.1) is 24.9 Å². The number of thiazole rings is 1. The molecule has 2 fully saturated rings. The summed E-state index contributed by atoms with van der Waals surface area (Å²) in [6, 6.07) is 7.31. The lowest BCUT2D eigenvalue weighted by atomic mass is 9.95. The summed E-state index contributed by atoms with van der Waals surface area (Å²) in [5.41, 5.74) is 1.61. The van der Waals surface area contributed by atoms with E-state index in [9.17, 15) is 9.59 Å². The number of benzene rings is 1. The molecule has 142 valence electrons. The highest BCUT2D eigenvalue weighted by molar-refractivity contribution is 7.17. The first kappa shape index (κ1) is 18.6. The van der Waals surface area contributed by atoms with E-state index in [1.54, 1.807) is 0 Å². The Bertz CT molecular complexity index is 882. The quantitative estimate of drug-likeness (QED) is 0.776. The first-order valence-electron chi connectivity index (χ1n) is 9.19. The number of Topliss-reactive ketones (excluding diaryl/α,β-unsaturated/α-hetero) is 1. The molecule has 2 aromatic rings. The van der Waals surface area contributed by atoms with Crippen molar-refractivity contribution in [2.45, 2.75) is 32.2 Å². The van der Waals surface area contributed by atoms with Crippen LogP contribution in [-0.2, 0) is 9.53 Å². The normalized spacial score (nSPS) is 23.0. The summed E-state index contributed by atoms with van der Waals surface area (Å²) >= 11 is 7.47. The number of hydrogen-bond acceptors (Lipinski definition) is 5. The highest BCUT2D eigenvalue weighted by atomic mass is 35.5. The molecule has 5 nitrogen and oxygen atoms in total. The van der Waals surface area contributed by atoms with Crippen molar-refractivity contribution in [3.63, 3.8) is 0 Å². The standard InChI is InChI=1S/C20H21ClN2O3S/c1-12-18(27-19(22-12)13-4-2-5-14(21)10-13)20(25)23-8-9-26-11-16(23)15-6-3-7-17(15)24/h2,4-5,10,15-16H,3,6-9,11H2,1H3/t15-,16+/m1/s1. The van der Waals surface area contributed by atoms with Gasteiger partial charge in [-0.3, -0.25) is 9.59 Å². The van der Waals surface area contributed by atoms with Crippen LogP contribution in [0, 0.1) is 12.8 Å². The second kappa shape index (κ2) is 7.70. The van der Waals surface area contributed by atoms with E-state index >= 15 is 0 Å². The number of aryl methyl sites for hydroxylation is 1. The third kappa shape index (κ3) is 3.66. The van der Waals surface area contributed by atoms with Gasteiger partial charge in [-0.15, -0.1) is 11.3 Å². The van der Waals surface area contributed by atoms with Crippen molar-refractivity contribution in [2.24, 2.45) is 5.92 Å². The van der Waals surface area contributed by atoms with Crippen LogP contribution in [0.1, 0.15) is 34.6 Å². The van der Waals surface area contributed by atoms with Gasteiger partial charge in [0.1, 0.15) is 15.7 Å². The summed E-state index contributed by atoms with van der Waals surface area (Å²) in [7, 11) is 0. The van der Waals surface area contributed by atoms with Crippen LogP contribution >= 0.6 is 22.9 Å². The van der Waals surface area contributed by atoms with Crippen molar-refractivity contribution >= 4 is 34.6 Å². The number of ketones is 1. The molecular weight excluding hydrogens is 384 g/mol. The van der Waals surface area contributed by atoms with Crippen molar-refractivity contribution in [1.82, 2.24) is 9.88 Å². The lowest BCUT2D eigenvalue weighted by Gasteiger charge is -2.38. The largest absolute Gasteiger partial charge is 0.377 e. The minimum atomic E-state index is -0.169. The van der Waals surface area contributed by atoms with Gasteiger partial charge in [-0.2, -0.15) is 0 Å². The first-order chi connectivity index (χ1) is 13.0. The monoisotopic (exact) mass is 404 g/mol. The molecule has 2 aliphatic rings.